The number of β-amino-alcohol motifs (C(OH)–C–C–N with tert-alkyl or cyclic N) is 1. The SMILES string of the molecule is CNc1nccc(-c2[nH]c(C3OCC(C)(C(=O)N4CCC(O)C4)CO3)nc2-c2ccc(F)cc2)n1. The van der Waals surface area contributed by atoms with Gasteiger partial charge in [0, 0.05) is 31.9 Å². The molecule has 35 heavy (non-hydrogen) atoms. The number of anilines is 1. The van der Waals surface area contributed by atoms with Crippen LogP contribution in [0.15, 0.2) is 36.5 Å². The summed E-state index contributed by atoms with van der Waals surface area (Å²) in [5.74, 6) is 0.407. The highest BCUT2D eigenvalue weighted by molar-refractivity contribution is 5.83. The quantitative estimate of drug-likeness (QED) is 0.506. The molecule has 1 atom stereocenters. The number of aromatic nitrogens is 4. The smallest absolute Gasteiger partial charge is 0.233 e. The Bertz CT molecular complexity index is 1210. The Kier molecular flexibility index (Phi) is 6.22. The van der Waals surface area contributed by atoms with Crippen molar-refractivity contribution < 1.29 is 23.8 Å². The Hall–Kier alpha value is -3.41. The molecule has 10 nitrogen and oxygen atoms in total. The minimum Gasteiger partial charge on any atom is -0.391 e. The predicted molar refractivity (Wildman–Crippen MR) is 125 cm³/mol. The number of aromatic amines is 1. The zero-order valence-corrected chi connectivity index (χ0v) is 19.5. The van der Waals surface area contributed by atoms with Gasteiger partial charge in [0.1, 0.15) is 5.82 Å². The number of H-pyrrole nitrogens is 1. The van der Waals surface area contributed by atoms with Crippen molar-refractivity contribution in [3.8, 4) is 22.6 Å². The average Bonchev–Trinajstić information content (AvgIpc) is 3.51. The van der Waals surface area contributed by atoms with Gasteiger partial charge in [0.2, 0.25) is 18.1 Å². The maximum Gasteiger partial charge on any atom is 0.233 e. The molecule has 0 spiro atoms. The highest BCUT2D eigenvalue weighted by atomic mass is 19.1. The van der Waals surface area contributed by atoms with E-state index in [1.54, 1.807) is 43.3 Å². The normalized spacial score (nSPS) is 24.5. The lowest BCUT2D eigenvalue weighted by atomic mass is 9.90. The van der Waals surface area contributed by atoms with Gasteiger partial charge in [-0.25, -0.2) is 19.3 Å². The van der Waals surface area contributed by atoms with Crippen molar-refractivity contribution in [2.24, 2.45) is 5.41 Å². The number of hydrogen-bond acceptors (Lipinski definition) is 8. The second-order valence-corrected chi connectivity index (χ2v) is 9.08. The Morgan fingerprint density at radius 2 is 1.97 bits per heavy atom. The van der Waals surface area contributed by atoms with Gasteiger partial charge in [-0.3, -0.25) is 4.79 Å². The summed E-state index contributed by atoms with van der Waals surface area (Å²) in [6.45, 7) is 2.93. The summed E-state index contributed by atoms with van der Waals surface area (Å²) in [6.07, 6.45) is 0.894. The van der Waals surface area contributed by atoms with Crippen LogP contribution >= 0.6 is 0 Å². The molecule has 2 aliphatic heterocycles. The van der Waals surface area contributed by atoms with E-state index in [0.29, 0.717) is 53.9 Å². The van der Waals surface area contributed by atoms with E-state index in [0.717, 1.165) is 0 Å². The first-order chi connectivity index (χ1) is 16.9. The van der Waals surface area contributed by atoms with E-state index in [1.807, 2.05) is 0 Å². The van der Waals surface area contributed by atoms with Crippen molar-refractivity contribution in [1.82, 2.24) is 24.8 Å². The number of carbonyl (C=O) groups is 1. The maximum atomic E-state index is 13.6. The van der Waals surface area contributed by atoms with Crippen molar-refractivity contribution in [3.63, 3.8) is 0 Å². The largest absolute Gasteiger partial charge is 0.391 e. The fourth-order valence-corrected chi connectivity index (χ4v) is 4.32. The fraction of sp³-hybridized carbons (Fsp3) is 0.417. The highest BCUT2D eigenvalue weighted by Crippen LogP contribution is 2.36. The lowest BCUT2D eigenvalue weighted by Gasteiger charge is -2.37. The summed E-state index contributed by atoms with van der Waals surface area (Å²) >= 11 is 0. The van der Waals surface area contributed by atoms with Gasteiger partial charge in [0.05, 0.1) is 41.8 Å². The van der Waals surface area contributed by atoms with E-state index in [2.05, 4.69) is 20.3 Å². The summed E-state index contributed by atoms with van der Waals surface area (Å²) in [7, 11) is 1.73. The molecule has 0 radical (unpaired) electrons. The van der Waals surface area contributed by atoms with Gasteiger partial charge in [0.25, 0.3) is 0 Å². The lowest BCUT2D eigenvalue weighted by molar-refractivity contribution is -0.234. The number of carbonyl (C=O) groups excluding carboxylic acids is 1. The Labute approximate surface area is 201 Å². The Morgan fingerprint density at radius 3 is 2.63 bits per heavy atom. The van der Waals surface area contributed by atoms with Gasteiger partial charge >= 0.3 is 0 Å². The molecule has 5 rings (SSSR count). The molecule has 11 heteroatoms. The first-order valence-corrected chi connectivity index (χ1v) is 11.4. The van der Waals surface area contributed by atoms with Crippen LogP contribution in [0, 0.1) is 11.2 Å². The Morgan fingerprint density at radius 1 is 1.23 bits per heavy atom. The van der Waals surface area contributed by atoms with Gasteiger partial charge < -0.3 is 29.8 Å². The van der Waals surface area contributed by atoms with E-state index >= 15 is 0 Å². The molecule has 0 saturated carbocycles. The fourth-order valence-electron chi connectivity index (χ4n) is 4.32. The maximum absolute atomic E-state index is 13.6. The zero-order chi connectivity index (χ0) is 24.6. The minimum absolute atomic E-state index is 0.0970. The summed E-state index contributed by atoms with van der Waals surface area (Å²) in [4.78, 5) is 31.3. The van der Waals surface area contributed by atoms with Crippen molar-refractivity contribution in [2.75, 3.05) is 38.7 Å². The van der Waals surface area contributed by atoms with Crippen LogP contribution in [-0.2, 0) is 14.3 Å². The number of nitrogens with zero attached hydrogens (tertiary/aromatic N) is 4. The standard InChI is InChI=1S/C24H27FN6O4/c1-24(22(33)31-10-8-16(32)11-31)12-34-21(35-13-24)20-29-18(14-3-5-15(25)6-4-14)19(30-20)17-7-9-27-23(26-2)28-17/h3-7,9,16,21,32H,8,10-13H2,1-2H3,(H,29,30)(H,26,27,28). The lowest BCUT2D eigenvalue weighted by Crippen LogP contribution is -2.49. The van der Waals surface area contributed by atoms with Gasteiger partial charge in [-0.15, -0.1) is 0 Å². The second-order valence-electron chi connectivity index (χ2n) is 9.08. The molecular weight excluding hydrogens is 455 g/mol. The molecule has 1 aromatic carbocycles. The third-order valence-electron chi connectivity index (χ3n) is 6.27. The monoisotopic (exact) mass is 482 g/mol. The van der Waals surface area contributed by atoms with Crippen LogP contribution in [0.2, 0.25) is 0 Å². The van der Waals surface area contributed by atoms with Gasteiger partial charge in [-0.05, 0) is 43.7 Å². The zero-order valence-electron chi connectivity index (χ0n) is 19.5. The van der Waals surface area contributed by atoms with Crippen LogP contribution < -0.4 is 5.32 Å². The summed E-state index contributed by atoms with van der Waals surface area (Å²) < 4.78 is 25.5. The number of likely N-dealkylation sites (tertiary alicyclic amines) is 1. The van der Waals surface area contributed by atoms with E-state index in [-0.39, 0.29) is 24.9 Å². The van der Waals surface area contributed by atoms with Gasteiger partial charge in [-0.2, -0.15) is 0 Å². The molecule has 1 amide bonds. The second kappa shape index (κ2) is 9.33. The first kappa shape index (κ1) is 23.3. The van der Waals surface area contributed by atoms with E-state index in [4.69, 9.17) is 14.5 Å². The number of rotatable bonds is 5. The molecule has 2 saturated heterocycles. The highest BCUT2D eigenvalue weighted by Gasteiger charge is 2.44. The molecule has 3 aromatic rings. The number of aliphatic hydroxyl groups excluding tert-OH is 1. The van der Waals surface area contributed by atoms with Crippen LogP contribution in [0.5, 0.6) is 0 Å². The number of aliphatic hydroxyl groups is 1. The van der Waals surface area contributed by atoms with E-state index in [1.165, 1.54) is 12.1 Å². The van der Waals surface area contributed by atoms with Gasteiger partial charge in [-0.1, -0.05) is 0 Å². The van der Waals surface area contributed by atoms with Crippen molar-refractivity contribution in [1.29, 1.82) is 0 Å². The molecule has 4 heterocycles. The average molecular weight is 483 g/mol. The van der Waals surface area contributed by atoms with E-state index < -0.39 is 17.8 Å². The first-order valence-electron chi connectivity index (χ1n) is 11.4. The molecule has 0 bridgehead atoms. The predicted octanol–water partition coefficient (Wildman–Crippen LogP) is 2.36. The third kappa shape index (κ3) is 4.62. The number of nitrogens with one attached hydrogen (secondary N) is 2. The van der Waals surface area contributed by atoms with Crippen LogP contribution in [0.25, 0.3) is 22.6 Å². The number of hydrogen-bond donors (Lipinski definition) is 3. The summed E-state index contributed by atoms with van der Waals surface area (Å²) in [5, 5.41) is 12.7. The number of halogens is 1. The minimum atomic E-state index is -0.857. The van der Waals surface area contributed by atoms with Crippen LogP contribution in [0.3, 0.4) is 0 Å². The van der Waals surface area contributed by atoms with Gasteiger partial charge in [0.15, 0.2) is 5.82 Å². The van der Waals surface area contributed by atoms with Crippen molar-refractivity contribution >= 4 is 11.9 Å². The molecule has 2 fully saturated rings. The molecule has 2 aromatic heterocycles. The third-order valence-corrected chi connectivity index (χ3v) is 6.27. The van der Waals surface area contributed by atoms with Crippen LogP contribution in [0.1, 0.15) is 25.5 Å². The number of imidazole rings is 1. The molecule has 3 N–H and O–H groups in total. The van der Waals surface area contributed by atoms with E-state index in [9.17, 15) is 14.3 Å². The summed E-state index contributed by atoms with van der Waals surface area (Å²) in [6, 6.07) is 7.76. The molecular formula is C24H27FN6O4. The molecule has 184 valence electrons. The number of ether oxygens (including phenoxy) is 2. The van der Waals surface area contributed by atoms with Crippen molar-refractivity contribution in [3.05, 3.63) is 48.2 Å². The topological polar surface area (TPSA) is 125 Å². The molecule has 2 aliphatic rings. The Balaban J connectivity index is 1.41. The molecule has 0 aliphatic carbocycles. The van der Waals surface area contributed by atoms with Crippen molar-refractivity contribution in [2.45, 2.75) is 25.7 Å². The van der Waals surface area contributed by atoms with Crippen LogP contribution in [-0.4, -0.2) is 75.3 Å². The molecule has 1 unspecified atom stereocenters. The van der Waals surface area contributed by atoms with Crippen LogP contribution in [0.4, 0.5) is 10.3 Å². The summed E-state index contributed by atoms with van der Waals surface area (Å²) in [5.41, 5.74) is 1.59. The number of benzene rings is 1. The number of amides is 1.